The van der Waals surface area contributed by atoms with Gasteiger partial charge in [0.1, 0.15) is 18.7 Å². The molecular formula is C17H23N5O3. The first-order chi connectivity index (χ1) is 12.2. The van der Waals surface area contributed by atoms with E-state index in [1.54, 1.807) is 0 Å². The maximum atomic E-state index is 12.5. The number of aliphatic hydroxyl groups is 2. The van der Waals surface area contributed by atoms with Crippen molar-refractivity contribution < 1.29 is 15.0 Å². The van der Waals surface area contributed by atoms with Crippen LogP contribution < -0.4 is 5.32 Å². The second kappa shape index (κ2) is 8.09. The quantitative estimate of drug-likeness (QED) is 0.662. The first-order valence-electron chi connectivity index (χ1n) is 8.41. The molecule has 1 aliphatic rings. The Labute approximate surface area is 146 Å². The Hall–Kier alpha value is -2.45. The molecule has 3 heterocycles. The molecule has 0 saturated carbocycles. The number of amides is 1. The number of nitrogens with zero attached hydrogens (tertiary/aromatic N) is 4. The third-order valence-corrected chi connectivity index (χ3v) is 4.34. The van der Waals surface area contributed by atoms with E-state index < -0.39 is 6.10 Å². The van der Waals surface area contributed by atoms with Gasteiger partial charge in [-0.25, -0.2) is 9.97 Å². The summed E-state index contributed by atoms with van der Waals surface area (Å²) in [6, 6.07) is 3.81. The molecule has 0 fully saturated rings. The van der Waals surface area contributed by atoms with Gasteiger partial charge in [-0.15, -0.1) is 0 Å². The molecule has 0 radical (unpaired) electrons. The van der Waals surface area contributed by atoms with Crippen LogP contribution in [0, 0.1) is 0 Å². The zero-order valence-corrected chi connectivity index (χ0v) is 14.0. The number of aromatic nitrogens is 3. The highest BCUT2D eigenvalue weighted by molar-refractivity contribution is 5.76. The third kappa shape index (κ3) is 4.34. The second-order valence-corrected chi connectivity index (χ2v) is 6.10. The average Bonchev–Trinajstić information content (AvgIpc) is 3.03. The van der Waals surface area contributed by atoms with Crippen molar-refractivity contribution in [3.63, 3.8) is 0 Å². The topological polar surface area (TPSA) is 104 Å². The fourth-order valence-electron chi connectivity index (χ4n) is 2.94. The lowest BCUT2D eigenvalue weighted by molar-refractivity contribution is -0.131. The minimum Gasteiger partial charge on any atom is -0.394 e. The van der Waals surface area contributed by atoms with E-state index >= 15 is 0 Å². The molecule has 0 aromatic carbocycles. The van der Waals surface area contributed by atoms with Crippen molar-refractivity contribution in [2.75, 3.05) is 31.6 Å². The summed E-state index contributed by atoms with van der Waals surface area (Å²) in [6.07, 6.45) is 5.74. The summed E-state index contributed by atoms with van der Waals surface area (Å²) in [6.45, 7) is 1.49. The number of nitrogens with one attached hydrogen (secondary N) is 1. The van der Waals surface area contributed by atoms with Crippen LogP contribution in [0.25, 0.3) is 0 Å². The third-order valence-electron chi connectivity index (χ3n) is 4.34. The Morgan fingerprint density at radius 3 is 2.76 bits per heavy atom. The van der Waals surface area contributed by atoms with Gasteiger partial charge in [-0.1, -0.05) is 0 Å². The highest BCUT2D eigenvalue weighted by Gasteiger charge is 2.22. The van der Waals surface area contributed by atoms with Crippen LogP contribution in [0.1, 0.15) is 11.3 Å². The van der Waals surface area contributed by atoms with Crippen LogP contribution in [0.4, 0.5) is 5.82 Å². The van der Waals surface area contributed by atoms with Gasteiger partial charge >= 0.3 is 0 Å². The summed E-state index contributed by atoms with van der Waals surface area (Å²) in [5.41, 5.74) is 1.90. The fraction of sp³-hybridized carbons (Fsp3) is 0.471. The van der Waals surface area contributed by atoms with E-state index in [4.69, 9.17) is 5.11 Å². The number of hydrogen-bond donors (Lipinski definition) is 3. The Bertz CT molecular complexity index is 704. The highest BCUT2D eigenvalue weighted by Crippen LogP contribution is 2.20. The van der Waals surface area contributed by atoms with E-state index in [0.29, 0.717) is 38.3 Å². The molecule has 1 amide bonds. The number of anilines is 1. The summed E-state index contributed by atoms with van der Waals surface area (Å²) >= 11 is 0. The Morgan fingerprint density at radius 2 is 2.00 bits per heavy atom. The average molecular weight is 345 g/mol. The molecule has 3 rings (SSSR count). The van der Waals surface area contributed by atoms with Crippen molar-refractivity contribution >= 4 is 11.7 Å². The molecule has 0 bridgehead atoms. The minimum atomic E-state index is -0.837. The molecule has 25 heavy (non-hydrogen) atoms. The first-order valence-corrected chi connectivity index (χ1v) is 8.41. The molecule has 0 unspecified atom stereocenters. The maximum Gasteiger partial charge on any atom is 0.242 e. The van der Waals surface area contributed by atoms with Gasteiger partial charge in [-0.3, -0.25) is 4.79 Å². The van der Waals surface area contributed by atoms with Crippen LogP contribution in [0.2, 0.25) is 0 Å². The van der Waals surface area contributed by atoms with Gasteiger partial charge < -0.3 is 25.0 Å². The molecule has 3 N–H and O–H groups in total. The molecule has 0 spiro atoms. The number of fused-ring (bicyclic) bond motifs is 1. The van der Waals surface area contributed by atoms with E-state index in [1.165, 1.54) is 6.33 Å². The lowest BCUT2D eigenvalue weighted by Crippen LogP contribution is -2.35. The van der Waals surface area contributed by atoms with E-state index in [2.05, 4.69) is 15.3 Å². The Morgan fingerprint density at radius 1 is 1.24 bits per heavy atom. The highest BCUT2D eigenvalue weighted by atomic mass is 16.3. The molecule has 8 heteroatoms. The predicted octanol–water partition coefficient (Wildman–Crippen LogP) is -0.329. The van der Waals surface area contributed by atoms with Gasteiger partial charge in [0.25, 0.3) is 0 Å². The van der Waals surface area contributed by atoms with Crippen LogP contribution in [0.3, 0.4) is 0 Å². The van der Waals surface area contributed by atoms with Gasteiger partial charge in [0, 0.05) is 44.0 Å². The molecule has 2 aromatic rings. The molecular weight excluding hydrogens is 322 g/mol. The maximum absolute atomic E-state index is 12.5. The van der Waals surface area contributed by atoms with Crippen molar-refractivity contribution in [1.29, 1.82) is 0 Å². The van der Waals surface area contributed by atoms with Crippen molar-refractivity contribution in [2.24, 2.45) is 0 Å². The molecule has 0 aliphatic carbocycles. The van der Waals surface area contributed by atoms with E-state index in [1.807, 2.05) is 34.0 Å². The van der Waals surface area contributed by atoms with Crippen molar-refractivity contribution in [2.45, 2.75) is 25.5 Å². The monoisotopic (exact) mass is 345 g/mol. The second-order valence-electron chi connectivity index (χ2n) is 6.10. The largest absolute Gasteiger partial charge is 0.394 e. The smallest absolute Gasteiger partial charge is 0.242 e. The van der Waals surface area contributed by atoms with Crippen LogP contribution in [0.15, 0.2) is 30.9 Å². The summed E-state index contributed by atoms with van der Waals surface area (Å²) in [4.78, 5) is 23.0. The molecule has 1 aliphatic heterocycles. The molecule has 8 nitrogen and oxygen atoms in total. The van der Waals surface area contributed by atoms with E-state index in [-0.39, 0.29) is 19.1 Å². The van der Waals surface area contributed by atoms with Gasteiger partial charge in [-0.05, 0) is 18.6 Å². The number of rotatable bonds is 6. The normalized spacial score (nSPS) is 15.4. The minimum absolute atomic E-state index is 0.0853. The number of carbonyl (C=O) groups excluding carboxylic acids is 1. The van der Waals surface area contributed by atoms with Crippen molar-refractivity contribution in [1.82, 2.24) is 19.4 Å². The van der Waals surface area contributed by atoms with E-state index in [0.717, 1.165) is 11.3 Å². The predicted molar refractivity (Wildman–Crippen MR) is 92.0 cm³/mol. The molecule has 134 valence electrons. The summed E-state index contributed by atoms with van der Waals surface area (Å²) in [7, 11) is 0. The lowest BCUT2D eigenvalue weighted by Gasteiger charge is -2.20. The van der Waals surface area contributed by atoms with Gasteiger partial charge in [0.05, 0.1) is 18.4 Å². The van der Waals surface area contributed by atoms with Crippen LogP contribution in [-0.4, -0.2) is 67.9 Å². The van der Waals surface area contributed by atoms with Crippen LogP contribution in [0.5, 0.6) is 0 Å². The van der Waals surface area contributed by atoms with Gasteiger partial charge in [-0.2, -0.15) is 0 Å². The first kappa shape index (κ1) is 17.4. The van der Waals surface area contributed by atoms with Crippen LogP contribution in [-0.2, 0) is 24.2 Å². The van der Waals surface area contributed by atoms with Crippen LogP contribution >= 0.6 is 0 Å². The van der Waals surface area contributed by atoms with E-state index in [9.17, 15) is 9.90 Å². The molecule has 0 saturated heterocycles. The SMILES string of the molecule is O=C(Cn1cccc1)N1CCc2ncnc(NC[C@@H](O)CO)c2CC1. The summed E-state index contributed by atoms with van der Waals surface area (Å²) in [5, 5.41) is 21.5. The molecule has 1 atom stereocenters. The zero-order chi connectivity index (χ0) is 17.6. The van der Waals surface area contributed by atoms with Crippen molar-refractivity contribution in [3.05, 3.63) is 42.1 Å². The lowest BCUT2D eigenvalue weighted by atomic mass is 10.1. The fourth-order valence-corrected chi connectivity index (χ4v) is 2.94. The summed E-state index contributed by atoms with van der Waals surface area (Å²) < 4.78 is 1.86. The number of carbonyl (C=O) groups is 1. The molecule has 2 aromatic heterocycles. The van der Waals surface area contributed by atoms with Crippen molar-refractivity contribution in [3.8, 4) is 0 Å². The van der Waals surface area contributed by atoms with Gasteiger partial charge in [0.15, 0.2) is 0 Å². The number of aliphatic hydroxyl groups excluding tert-OH is 2. The Kier molecular flexibility index (Phi) is 5.62. The summed E-state index contributed by atoms with van der Waals surface area (Å²) in [5.74, 6) is 0.749. The number of hydrogen-bond acceptors (Lipinski definition) is 6. The standard InChI is InChI=1S/C17H23N5O3/c23-11-13(24)9-18-17-14-3-7-22(8-4-15(14)19-12-20-17)16(25)10-21-5-1-2-6-21/h1-2,5-6,12-13,23-24H,3-4,7-11H2,(H,18,19,20)/t13-/m1/s1. The van der Waals surface area contributed by atoms with Gasteiger partial charge in [0.2, 0.25) is 5.91 Å². The zero-order valence-electron chi connectivity index (χ0n) is 14.0. The Balaban J connectivity index is 1.66.